The normalized spacial score (nSPS) is 19.7. The second-order valence-corrected chi connectivity index (χ2v) is 8.03. The van der Waals surface area contributed by atoms with E-state index in [0.717, 1.165) is 56.7 Å². The number of ether oxygens (including phenoxy) is 1. The van der Waals surface area contributed by atoms with E-state index >= 15 is 0 Å². The summed E-state index contributed by atoms with van der Waals surface area (Å²) >= 11 is 0. The first-order valence-corrected chi connectivity index (χ1v) is 10.7. The monoisotopic (exact) mass is 434 g/mol. The minimum atomic E-state index is -4.35. The largest absolute Gasteiger partial charge is 0.493 e. The maximum absolute atomic E-state index is 12.8. The van der Waals surface area contributed by atoms with Crippen LogP contribution in [0.15, 0.2) is 48.5 Å². The van der Waals surface area contributed by atoms with Crippen LogP contribution >= 0.6 is 0 Å². The van der Waals surface area contributed by atoms with Crippen molar-refractivity contribution in [1.29, 1.82) is 0 Å². The first-order valence-electron chi connectivity index (χ1n) is 10.7. The van der Waals surface area contributed by atoms with Gasteiger partial charge < -0.3 is 15.0 Å². The molecule has 0 radical (unpaired) electrons. The molecule has 31 heavy (non-hydrogen) atoms. The molecule has 1 heterocycles. The van der Waals surface area contributed by atoms with E-state index in [1.54, 1.807) is 0 Å². The molecule has 1 amide bonds. The third kappa shape index (κ3) is 6.47. The number of nitrogens with one attached hydrogen (secondary N) is 1. The number of likely N-dealkylation sites (tertiary alicyclic amines) is 1. The molecule has 0 aromatic heterocycles. The van der Waals surface area contributed by atoms with Crippen LogP contribution in [0.4, 0.5) is 18.9 Å². The van der Waals surface area contributed by atoms with Gasteiger partial charge in [0.1, 0.15) is 5.75 Å². The molecule has 2 unspecified atom stereocenters. The molecule has 4 nitrogen and oxygen atoms in total. The predicted molar refractivity (Wildman–Crippen MR) is 115 cm³/mol. The molecule has 1 aliphatic heterocycles. The molecule has 1 saturated heterocycles. The van der Waals surface area contributed by atoms with Crippen molar-refractivity contribution in [2.24, 2.45) is 5.92 Å². The first kappa shape index (κ1) is 23.1. The molecular formula is C24H29F3N2O2. The van der Waals surface area contributed by atoms with Gasteiger partial charge in [-0.05, 0) is 73.8 Å². The van der Waals surface area contributed by atoms with E-state index in [-0.39, 0.29) is 11.8 Å². The summed E-state index contributed by atoms with van der Waals surface area (Å²) in [6.07, 6.45) is -0.425. The minimum Gasteiger partial charge on any atom is -0.493 e. The van der Waals surface area contributed by atoms with Crippen molar-refractivity contribution in [3.8, 4) is 5.75 Å². The lowest BCUT2D eigenvalue weighted by Crippen LogP contribution is -2.42. The van der Waals surface area contributed by atoms with Crippen molar-refractivity contribution < 1.29 is 22.7 Å². The van der Waals surface area contributed by atoms with E-state index in [1.165, 1.54) is 17.7 Å². The molecule has 0 spiro atoms. The van der Waals surface area contributed by atoms with E-state index < -0.39 is 11.7 Å². The molecule has 3 rings (SSSR count). The Labute approximate surface area is 181 Å². The average Bonchev–Trinajstić information content (AvgIpc) is 2.77. The van der Waals surface area contributed by atoms with Crippen LogP contribution in [0.2, 0.25) is 0 Å². The Bertz CT molecular complexity index is 822. The number of amides is 1. The number of nitrogens with zero attached hydrogens (tertiary/aromatic N) is 1. The molecular weight excluding hydrogens is 405 g/mol. The second kappa shape index (κ2) is 10.7. The summed E-state index contributed by atoms with van der Waals surface area (Å²) in [4.78, 5) is 13.1. The lowest BCUT2D eigenvalue weighted by atomic mass is 9.80. The Morgan fingerprint density at radius 2 is 1.84 bits per heavy atom. The molecule has 0 saturated carbocycles. The third-order valence-electron chi connectivity index (χ3n) is 5.86. The summed E-state index contributed by atoms with van der Waals surface area (Å²) in [5.41, 5.74) is 1.26. The van der Waals surface area contributed by atoms with Crippen LogP contribution in [0, 0.1) is 5.92 Å². The van der Waals surface area contributed by atoms with Crippen LogP contribution in [0.5, 0.6) is 5.75 Å². The van der Waals surface area contributed by atoms with Gasteiger partial charge in [0.15, 0.2) is 0 Å². The number of hydrogen-bond donors (Lipinski definition) is 1. The SMILES string of the molecule is CCCCN1CCC(c2ccc(NC=O)cc2)C(COc2ccc(C(F)(F)F)cc2)C1. The number of hydrogen-bond acceptors (Lipinski definition) is 3. The summed E-state index contributed by atoms with van der Waals surface area (Å²) in [7, 11) is 0. The second-order valence-electron chi connectivity index (χ2n) is 8.03. The highest BCUT2D eigenvalue weighted by Crippen LogP contribution is 2.35. The Morgan fingerprint density at radius 1 is 1.13 bits per heavy atom. The summed E-state index contributed by atoms with van der Waals surface area (Å²) in [5, 5.41) is 2.65. The lowest BCUT2D eigenvalue weighted by molar-refractivity contribution is -0.137. The number of anilines is 1. The zero-order valence-electron chi connectivity index (χ0n) is 17.7. The van der Waals surface area contributed by atoms with Crippen molar-refractivity contribution in [3.63, 3.8) is 0 Å². The van der Waals surface area contributed by atoms with Gasteiger partial charge in [0, 0.05) is 18.2 Å². The van der Waals surface area contributed by atoms with Gasteiger partial charge in [-0.2, -0.15) is 13.2 Å². The summed E-state index contributed by atoms with van der Waals surface area (Å²) in [5.74, 6) is 0.957. The number of alkyl halides is 3. The van der Waals surface area contributed by atoms with Gasteiger partial charge in [0.2, 0.25) is 6.41 Å². The molecule has 2 atom stereocenters. The minimum absolute atomic E-state index is 0.220. The van der Waals surface area contributed by atoms with Gasteiger partial charge in [-0.25, -0.2) is 0 Å². The average molecular weight is 435 g/mol. The van der Waals surface area contributed by atoms with Gasteiger partial charge in [0.05, 0.1) is 12.2 Å². The van der Waals surface area contributed by atoms with Gasteiger partial charge in [-0.1, -0.05) is 25.5 Å². The van der Waals surface area contributed by atoms with Crippen molar-refractivity contribution in [2.45, 2.75) is 38.3 Å². The Hall–Kier alpha value is -2.54. The van der Waals surface area contributed by atoms with Crippen molar-refractivity contribution in [3.05, 3.63) is 59.7 Å². The number of rotatable bonds is 9. The summed E-state index contributed by atoms with van der Waals surface area (Å²) in [6, 6.07) is 12.7. The zero-order chi connectivity index (χ0) is 22.3. The number of carbonyl (C=O) groups excluding carboxylic acids is 1. The van der Waals surface area contributed by atoms with Crippen LogP contribution < -0.4 is 10.1 Å². The molecule has 0 aliphatic carbocycles. The van der Waals surface area contributed by atoms with Crippen molar-refractivity contribution >= 4 is 12.1 Å². The molecule has 0 bridgehead atoms. The van der Waals surface area contributed by atoms with Gasteiger partial charge >= 0.3 is 6.18 Å². The number of carbonyl (C=O) groups is 1. The highest BCUT2D eigenvalue weighted by Gasteiger charge is 2.32. The topological polar surface area (TPSA) is 41.6 Å². The fourth-order valence-corrected chi connectivity index (χ4v) is 4.14. The molecule has 168 valence electrons. The summed E-state index contributed by atoms with van der Waals surface area (Å²) < 4.78 is 44.3. The highest BCUT2D eigenvalue weighted by atomic mass is 19.4. The van der Waals surface area contributed by atoms with Gasteiger partial charge in [-0.3, -0.25) is 4.79 Å². The first-order chi connectivity index (χ1) is 14.9. The molecule has 7 heteroatoms. The molecule has 1 N–H and O–H groups in total. The Kier molecular flexibility index (Phi) is 7.96. The van der Waals surface area contributed by atoms with E-state index in [2.05, 4.69) is 17.1 Å². The maximum Gasteiger partial charge on any atom is 0.416 e. The van der Waals surface area contributed by atoms with Crippen molar-refractivity contribution in [1.82, 2.24) is 4.90 Å². The van der Waals surface area contributed by atoms with E-state index in [9.17, 15) is 18.0 Å². The van der Waals surface area contributed by atoms with Crippen LogP contribution in [0.3, 0.4) is 0 Å². The molecule has 1 fully saturated rings. The number of piperidine rings is 1. The zero-order valence-corrected chi connectivity index (χ0v) is 17.7. The highest BCUT2D eigenvalue weighted by molar-refractivity contribution is 5.71. The van der Waals surface area contributed by atoms with E-state index in [4.69, 9.17) is 4.74 Å². The van der Waals surface area contributed by atoms with Gasteiger partial charge in [-0.15, -0.1) is 0 Å². The number of benzene rings is 2. The number of unbranched alkanes of at least 4 members (excludes halogenated alkanes) is 1. The van der Waals surface area contributed by atoms with E-state index in [1.807, 2.05) is 24.3 Å². The predicted octanol–water partition coefficient (Wildman–Crippen LogP) is 5.56. The smallest absolute Gasteiger partial charge is 0.416 e. The fraction of sp³-hybridized carbons (Fsp3) is 0.458. The molecule has 2 aromatic carbocycles. The molecule has 1 aliphatic rings. The van der Waals surface area contributed by atoms with Crippen molar-refractivity contribution in [2.75, 3.05) is 31.6 Å². The van der Waals surface area contributed by atoms with E-state index in [0.29, 0.717) is 18.8 Å². The Morgan fingerprint density at radius 3 is 2.45 bits per heavy atom. The third-order valence-corrected chi connectivity index (χ3v) is 5.86. The molecule has 2 aromatic rings. The Balaban J connectivity index is 1.70. The van der Waals surface area contributed by atoms with Crippen LogP contribution in [0.1, 0.15) is 43.2 Å². The maximum atomic E-state index is 12.8. The quantitative estimate of drug-likeness (QED) is 0.526. The fourth-order valence-electron chi connectivity index (χ4n) is 4.14. The summed E-state index contributed by atoms with van der Waals surface area (Å²) in [6.45, 7) is 5.55. The van der Waals surface area contributed by atoms with Crippen LogP contribution in [-0.2, 0) is 11.0 Å². The van der Waals surface area contributed by atoms with Gasteiger partial charge in [0.25, 0.3) is 0 Å². The standard InChI is InChI=1S/C24H29F3N2O2/c1-2-3-13-29-14-12-23(18-4-8-21(9-5-18)28-17-30)19(15-29)16-31-22-10-6-20(7-11-22)24(25,26)27/h4-11,17,19,23H,2-3,12-16H2,1H3,(H,28,30). The number of halogens is 3. The van der Waals surface area contributed by atoms with Crippen LogP contribution in [0.25, 0.3) is 0 Å². The lowest BCUT2D eigenvalue weighted by Gasteiger charge is -2.39. The van der Waals surface area contributed by atoms with Crippen LogP contribution in [-0.4, -0.2) is 37.6 Å².